The fraction of sp³-hybridized carbons (Fsp3) is 0.556. The molecule has 1 saturated heterocycles. The van der Waals surface area contributed by atoms with Crippen molar-refractivity contribution in [3.05, 3.63) is 12.4 Å². The average Bonchev–Trinajstić information content (AvgIpc) is 2.71. The summed E-state index contributed by atoms with van der Waals surface area (Å²) in [5, 5.41) is 0. The van der Waals surface area contributed by atoms with E-state index in [4.69, 9.17) is 0 Å². The molecule has 0 bridgehead atoms. The molecule has 0 N–H and O–H groups in total. The third-order valence-corrected chi connectivity index (χ3v) is 2.92. The Morgan fingerprint density at radius 1 is 1.23 bits per heavy atom. The van der Waals surface area contributed by atoms with Gasteiger partial charge in [0.15, 0.2) is 0 Å². The van der Waals surface area contributed by atoms with E-state index in [2.05, 4.69) is 14.9 Å². The Morgan fingerprint density at radius 2 is 1.85 bits per heavy atom. The van der Waals surface area contributed by atoms with Gasteiger partial charge in [-0.3, -0.25) is 0 Å². The second-order valence-electron chi connectivity index (χ2n) is 3.12. The van der Waals surface area contributed by atoms with Crippen LogP contribution < -0.4 is 4.90 Å². The first-order valence-corrected chi connectivity index (χ1v) is 5.73. The molecule has 0 saturated carbocycles. The van der Waals surface area contributed by atoms with Gasteiger partial charge in [0.05, 0.1) is 0 Å². The lowest BCUT2D eigenvalue weighted by Gasteiger charge is -2.14. The van der Waals surface area contributed by atoms with E-state index in [1.54, 1.807) is 11.8 Å². The van der Waals surface area contributed by atoms with Gasteiger partial charge in [0.25, 0.3) is 0 Å². The van der Waals surface area contributed by atoms with Crippen molar-refractivity contribution in [3.8, 4) is 0 Å². The summed E-state index contributed by atoms with van der Waals surface area (Å²) < 4.78 is 0. The Hall–Kier alpha value is -0.770. The van der Waals surface area contributed by atoms with Crippen LogP contribution in [0.2, 0.25) is 0 Å². The zero-order valence-corrected chi connectivity index (χ0v) is 8.55. The van der Waals surface area contributed by atoms with Crippen molar-refractivity contribution in [2.75, 3.05) is 24.2 Å². The summed E-state index contributed by atoms with van der Waals surface area (Å²) in [5.74, 6) is 0.885. The molecular formula is C9H13N3S. The minimum Gasteiger partial charge on any atom is -0.341 e. The van der Waals surface area contributed by atoms with Crippen molar-refractivity contribution in [3.63, 3.8) is 0 Å². The number of thioether (sulfide) groups is 1. The monoisotopic (exact) mass is 195 g/mol. The summed E-state index contributed by atoms with van der Waals surface area (Å²) >= 11 is 1.68. The maximum absolute atomic E-state index is 4.33. The van der Waals surface area contributed by atoms with Gasteiger partial charge < -0.3 is 4.90 Å². The van der Waals surface area contributed by atoms with Crippen molar-refractivity contribution in [1.82, 2.24) is 9.97 Å². The van der Waals surface area contributed by atoms with Crippen LogP contribution in [0.15, 0.2) is 17.3 Å². The van der Waals surface area contributed by atoms with Crippen molar-refractivity contribution >= 4 is 17.7 Å². The first-order valence-electron chi connectivity index (χ1n) is 4.51. The predicted molar refractivity (Wildman–Crippen MR) is 55.3 cm³/mol. The first-order chi connectivity index (χ1) is 6.40. The molecule has 3 nitrogen and oxygen atoms in total. The SMILES string of the molecule is CSc1cnc(N2CCCC2)nc1. The van der Waals surface area contributed by atoms with E-state index in [0.29, 0.717) is 0 Å². The van der Waals surface area contributed by atoms with Gasteiger partial charge in [0.1, 0.15) is 0 Å². The third-order valence-electron chi connectivity index (χ3n) is 2.24. The summed E-state index contributed by atoms with van der Waals surface area (Å²) in [6, 6.07) is 0. The molecule has 0 amide bonds. The third kappa shape index (κ3) is 1.94. The fourth-order valence-electron chi connectivity index (χ4n) is 1.50. The Labute approximate surface area is 82.6 Å². The molecule has 0 spiro atoms. The Morgan fingerprint density at radius 3 is 2.38 bits per heavy atom. The summed E-state index contributed by atoms with van der Waals surface area (Å²) in [6.07, 6.45) is 8.37. The van der Waals surface area contributed by atoms with E-state index < -0.39 is 0 Å². The van der Waals surface area contributed by atoms with E-state index >= 15 is 0 Å². The molecule has 13 heavy (non-hydrogen) atoms. The number of rotatable bonds is 2. The van der Waals surface area contributed by atoms with Crippen LogP contribution in [-0.4, -0.2) is 29.3 Å². The lowest BCUT2D eigenvalue weighted by Crippen LogP contribution is -2.20. The van der Waals surface area contributed by atoms with Crippen LogP contribution in [0.25, 0.3) is 0 Å². The lowest BCUT2D eigenvalue weighted by molar-refractivity contribution is 0.888. The normalized spacial score (nSPS) is 16.5. The van der Waals surface area contributed by atoms with Crippen LogP contribution in [0.1, 0.15) is 12.8 Å². The van der Waals surface area contributed by atoms with E-state index in [9.17, 15) is 0 Å². The van der Waals surface area contributed by atoms with Gasteiger partial charge in [0.2, 0.25) is 5.95 Å². The highest BCUT2D eigenvalue weighted by atomic mass is 32.2. The van der Waals surface area contributed by atoms with Crippen LogP contribution >= 0.6 is 11.8 Å². The van der Waals surface area contributed by atoms with Crippen LogP contribution in [0.3, 0.4) is 0 Å². The molecule has 0 aromatic carbocycles. The molecule has 1 aliphatic rings. The van der Waals surface area contributed by atoms with Gasteiger partial charge >= 0.3 is 0 Å². The molecule has 2 rings (SSSR count). The Kier molecular flexibility index (Phi) is 2.68. The van der Waals surface area contributed by atoms with E-state index in [1.807, 2.05) is 18.6 Å². The van der Waals surface area contributed by atoms with Crippen molar-refractivity contribution in [2.24, 2.45) is 0 Å². The smallest absolute Gasteiger partial charge is 0.225 e. The van der Waals surface area contributed by atoms with Crippen molar-refractivity contribution < 1.29 is 0 Å². The van der Waals surface area contributed by atoms with E-state index in [1.165, 1.54) is 12.8 Å². The summed E-state index contributed by atoms with van der Waals surface area (Å²) in [5.41, 5.74) is 0. The zero-order valence-electron chi connectivity index (χ0n) is 7.73. The topological polar surface area (TPSA) is 29.0 Å². The summed E-state index contributed by atoms with van der Waals surface area (Å²) in [7, 11) is 0. The molecule has 0 aliphatic carbocycles. The number of hydrogen-bond acceptors (Lipinski definition) is 4. The van der Waals surface area contributed by atoms with Gasteiger partial charge in [-0.2, -0.15) is 0 Å². The average molecular weight is 195 g/mol. The molecule has 0 unspecified atom stereocenters. The molecule has 0 radical (unpaired) electrons. The molecule has 1 fully saturated rings. The second-order valence-corrected chi connectivity index (χ2v) is 4.00. The van der Waals surface area contributed by atoms with Crippen molar-refractivity contribution in [1.29, 1.82) is 0 Å². The summed E-state index contributed by atoms with van der Waals surface area (Å²) in [6.45, 7) is 2.22. The number of nitrogens with zero attached hydrogens (tertiary/aromatic N) is 3. The molecular weight excluding hydrogens is 182 g/mol. The van der Waals surface area contributed by atoms with Gasteiger partial charge in [-0.1, -0.05) is 0 Å². The molecule has 1 aromatic heterocycles. The van der Waals surface area contributed by atoms with Gasteiger partial charge in [0, 0.05) is 30.4 Å². The highest BCUT2D eigenvalue weighted by molar-refractivity contribution is 7.98. The highest BCUT2D eigenvalue weighted by Gasteiger charge is 2.13. The van der Waals surface area contributed by atoms with Crippen molar-refractivity contribution in [2.45, 2.75) is 17.7 Å². The van der Waals surface area contributed by atoms with Crippen LogP contribution in [-0.2, 0) is 0 Å². The zero-order chi connectivity index (χ0) is 9.10. The van der Waals surface area contributed by atoms with Crippen LogP contribution in [0.5, 0.6) is 0 Å². The molecule has 1 aromatic rings. The summed E-state index contributed by atoms with van der Waals surface area (Å²) in [4.78, 5) is 12.0. The number of aromatic nitrogens is 2. The number of hydrogen-bond donors (Lipinski definition) is 0. The molecule has 0 atom stereocenters. The Bertz CT molecular complexity index is 267. The maximum atomic E-state index is 4.33. The highest BCUT2D eigenvalue weighted by Crippen LogP contribution is 2.17. The van der Waals surface area contributed by atoms with Crippen LogP contribution in [0.4, 0.5) is 5.95 Å². The quantitative estimate of drug-likeness (QED) is 0.673. The van der Waals surface area contributed by atoms with Gasteiger partial charge in [-0.15, -0.1) is 11.8 Å². The molecule has 4 heteroatoms. The largest absolute Gasteiger partial charge is 0.341 e. The number of anilines is 1. The minimum atomic E-state index is 0.885. The fourth-order valence-corrected chi connectivity index (χ4v) is 1.81. The van der Waals surface area contributed by atoms with Crippen LogP contribution in [0, 0.1) is 0 Å². The molecule has 70 valence electrons. The molecule has 2 heterocycles. The first kappa shape index (κ1) is 8.81. The molecule has 1 aliphatic heterocycles. The minimum absolute atomic E-state index is 0.885. The standard InChI is InChI=1S/C9H13N3S/c1-13-8-6-10-9(11-7-8)12-4-2-3-5-12/h6-7H,2-5H2,1H3. The lowest BCUT2D eigenvalue weighted by atomic mass is 10.4. The van der Waals surface area contributed by atoms with E-state index in [-0.39, 0.29) is 0 Å². The van der Waals surface area contributed by atoms with Gasteiger partial charge in [-0.25, -0.2) is 9.97 Å². The predicted octanol–water partition coefficient (Wildman–Crippen LogP) is 1.80. The maximum Gasteiger partial charge on any atom is 0.225 e. The van der Waals surface area contributed by atoms with Gasteiger partial charge in [-0.05, 0) is 19.1 Å². The van der Waals surface area contributed by atoms with E-state index in [0.717, 1.165) is 23.9 Å². The second kappa shape index (κ2) is 3.96. The Balaban J connectivity index is 2.12.